The quantitative estimate of drug-likeness (QED) is 0.0968. The Labute approximate surface area is 246 Å². The molecule has 0 aliphatic carbocycles. The van der Waals surface area contributed by atoms with E-state index in [9.17, 15) is 8.42 Å². The van der Waals surface area contributed by atoms with E-state index in [1.165, 1.54) is 89.9 Å². The maximum Gasteiger partial charge on any atom is 1.00 e. The van der Waals surface area contributed by atoms with E-state index in [0.717, 1.165) is 19.3 Å². The Morgan fingerprint density at radius 3 is 1.15 bits per heavy atom. The molecule has 0 aromatic carbocycles. The first kappa shape index (κ1) is 45.3. The van der Waals surface area contributed by atoms with Crippen molar-refractivity contribution >= 4 is 20.8 Å². The Morgan fingerprint density at radius 2 is 0.882 bits per heavy atom. The minimum atomic E-state index is -4.67. The zero-order valence-electron chi connectivity index (χ0n) is 23.3. The monoisotopic (exact) mass is 536 g/mol. The Morgan fingerprint density at radius 1 is 0.618 bits per heavy atom. The van der Waals surface area contributed by atoms with Crippen molar-refractivity contribution in [3.8, 4) is 0 Å². The SMILES string of the molecule is CCCCCCCCCCCCOS(=O)(=O)O.O=S(=O)(O)O.[CH2-]CCCCCCCCC.[H-].[Li+].[Na+]. The molecule has 0 rings (SSSR count). The van der Waals surface area contributed by atoms with E-state index in [2.05, 4.69) is 25.0 Å². The van der Waals surface area contributed by atoms with Gasteiger partial charge in [-0.2, -0.15) is 23.3 Å². The van der Waals surface area contributed by atoms with Crippen LogP contribution < -0.4 is 48.4 Å². The van der Waals surface area contributed by atoms with Crippen molar-refractivity contribution in [3.63, 3.8) is 0 Å². The van der Waals surface area contributed by atoms with Crippen LogP contribution >= 0.6 is 0 Å². The normalized spacial score (nSPS) is 10.6. The molecule has 0 aromatic heterocycles. The van der Waals surface area contributed by atoms with Gasteiger partial charge < -0.3 is 8.35 Å². The van der Waals surface area contributed by atoms with E-state index < -0.39 is 20.8 Å². The van der Waals surface area contributed by atoms with Crippen molar-refractivity contribution in [2.24, 2.45) is 0 Å². The molecule has 34 heavy (non-hydrogen) atoms. The molecule has 0 aliphatic heterocycles. The van der Waals surface area contributed by atoms with E-state index in [1.54, 1.807) is 0 Å². The third-order valence-electron chi connectivity index (χ3n) is 4.58. The smallest absolute Gasteiger partial charge is 1.00 e. The van der Waals surface area contributed by atoms with E-state index >= 15 is 0 Å². The molecule has 0 spiro atoms. The van der Waals surface area contributed by atoms with Gasteiger partial charge in [0.25, 0.3) is 0 Å². The van der Waals surface area contributed by atoms with Gasteiger partial charge >= 0.3 is 69.2 Å². The first-order valence-corrected chi connectivity index (χ1v) is 14.8. The van der Waals surface area contributed by atoms with Crippen LogP contribution in [0, 0.1) is 6.92 Å². The summed E-state index contributed by atoms with van der Waals surface area (Å²) in [6.07, 6.45) is 22.8. The van der Waals surface area contributed by atoms with Crippen LogP contribution in [0.5, 0.6) is 0 Å². The molecule has 3 N–H and O–H groups in total. The molecule has 0 saturated carbocycles. The van der Waals surface area contributed by atoms with Crippen LogP contribution in [0.15, 0.2) is 0 Å². The molecule has 0 atom stereocenters. The predicted molar refractivity (Wildman–Crippen MR) is 133 cm³/mol. The molecule has 12 heteroatoms. The van der Waals surface area contributed by atoms with Crippen molar-refractivity contribution in [2.45, 2.75) is 129 Å². The van der Waals surface area contributed by atoms with E-state index in [1.807, 2.05) is 0 Å². The average molecular weight is 537 g/mol. The van der Waals surface area contributed by atoms with Crippen molar-refractivity contribution in [2.75, 3.05) is 6.61 Å². The zero-order valence-corrected chi connectivity index (χ0v) is 26.0. The maximum absolute atomic E-state index is 10.2. The molecule has 0 bridgehead atoms. The fraction of sp³-hybridized carbons (Fsp3) is 0.955. The molecule has 200 valence electrons. The number of hydrogen-bond donors (Lipinski definition) is 3. The summed E-state index contributed by atoms with van der Waals surface area (Å²) >= 11 is 0. The molecule has 0 radical (unpaired) electrons. The van der Waals surface area contributed by atoms with Gasteiger partial charge in [-0.25, -0.2) is 4.18 Å². The summed E-state index contributed by atoms with van der Waals surface area (Å²) in [5.41, 5.74) is 0. The third kappa shape index (κ3) is 69.9. The molecule has 0 aromatic rings. The molecular formula is C22H50LiNaO8S2. The van der Waals surface area contributed by atoms with Crippen LogP contribution in [0.3, 0.4) is 0 Å². The van der Waals surface area contributed by atoms with Gasteiger partial charge in [0.05, 0.1) is 6.61 Å². The Balaban J connectivity index is -0.000000100. The molecule has 8 nitrogen and oxygen atoms in total. The minimum Gasteiger partial charge on any atom is -1.00 e. The zero-order chi connectivity index (χ0) is 25.1. The van der Waals surface area contributed by atoms with Gasteiger partial charge in [0.2, 0.25) is 0 Å². The predicted octanol–water partition coefficient (Wildman–Crippen LogP) is 1.16. The number of rotatable bonds is 19. The second-order valence-corrected chi connectivity index (χ2v) is 9.84. The molecule has 0 amide bonds. The van der Waals surface area contributed by atoms with Crippen LogP contribution in [0.2, 0.25) is 0 Å². The molecule has 0 heterocycles. The standard InChI is InChI=1S/C12H26O4S.C10H21.Li.Na.H2O4S.H/c1-2-3-4-5-6-7-8-9-10-11-12-16-17(13,14)15;1-3-5-7-9-10-8-6-4-2;;;1-5(2,3)4;/h2-12H2,1H3,(H,13,14,15);1,3-10H2,2H3;;;(H2,1,2,3,4);/q;-1;2*+1;;-1. The average Bonchev–Trinajstić information content (AvgIpc) is 2.67. The fourth-order valence-corrected chi connectivity index (χ4v) is 3.22. The number of unbranched alkanes of at least 4 members (excludes halogenated alkanes) is 16. The fourth-order valence-electron chi connectivity index (χ4n) is 2.89. The molecule has 0 saturated heterocycles. The summed E-state index contributed by atoms with van der Waals surface area (Å²) in [6, 6.07) is 0. The van der Waals surface area contributed by atoms with Crippen LogP contribution in [0.25, 0.3) is 0 Å². The summed E-state index contributed by atoms with van der Waals surface area (Å²) in [6.45, 7) is 8.39. The van der Waals surface area contributed by atoms with E-state index in [4.69, 9.17) is 22.1 Å². The second-order valence-electron chi connectivity index (χ2n) is 7.85. The van der Waals surface area contributed by atoms with Crippen LogP contribution in [0.4, 0.5) is 0 Å². The van der Waals surface area contributed by atoms with Crippen molar-refractivity contribution in [1.82, 2.24) is 0 Å². The molecular weight excluding hydrogens is 486 g/mol. The van der Waals surface area contributed by atoms with Gasteiger partial charge in [-0.1, -0.05) is 117 Å². The summed E-state index contributed by atoms with van der Waals surface area (Å²) in [5.74, 6) is 0. The van der Waals surface area contributed by atoms with Crippen molar-refractivity contribution in [1.29, 1.82) is 0 Å². The van der Waals surface area contributed by atoms with E-state index in [-0.39, 0.29) is 56.5 Å². The van der Waals surface area contributed by atoms with Gasteiger partial charge in [-0.3, -0.25) is 13.7 Å². The first-order chi connectivity index (χ1) is 15.0. The van der Waals surface area contributed by atoms with Gasteiger partial charge in [0, 0.05) is 0 Å². The molecule has 0 fully saturated rings. The van der Waals surface area contributed by atoms with Crippen LogP contribution in [-0.2, 0) is 25.0 Å². The Hall–Kier alpha value is 1.34. The Kier molecular flexibility index (Phi) is 45.7. The van der Waals surface area contributed by atoms with Gasteiger partial charge in [0.1, 0.15) is 0 Å². The van der Waals surface area contributed by atoms with Crippen molar-refractivity contribution in [3.05, 3.63) is 6.92 Å². The minimum absolute atomic E-state index is 0. The van der Waals surface area contributed by atoms with Gasteiger partial charge in [-0.15, -0.1) is 0 Å². The summed E-state index contributed by atoms with van der Waals surface area (Å²) < 4.78 is 64.6. The molecule has 0 unspecified atom stereocenters. The van der Waals surface area contributed by atoms with Crippen LogP contribution in [0.1, 0.15) is 131 Å². The summed E-state index contributed by atoms with van der Waals surface area (Å²) in [4.78, 5) is 0. The van der Waals surface area contributed by atoms with E-state index in [0.29, 0.717) is 6.42 Å². The van der Waals surface area contributed by atoms with Crippen LogP contribution in [-0.4, -0.2) is 37.1 Å². The number of hydrogen-bond acceptors (Lipinski definition) is 5. The maximum atomic E-state index is 10.2. The third-order valence-corrected chi connectivity index (χ3v) is 5.05. The Bertz CT molecular complexity index is 552. The summed E-state index contributed by atoms with van der Waals surface area (Å²) in [5, 5.41) is 0. The summed E-state index contributed by atoms with van der Waals surface area (Å²) in [7, 11) is -8.90. The first-order valence-electron chi connectivity index (χ1n) is 12.1. The second kappa shape index (κ2) is 34.3. The molecule has 0 aliphatic rings. The van der Waals surface area contributed by atoms with Gasteiger partial charge in [-0.05, 0) is 6.42 Å². The van der Waals surface area contributed by atoms with Crippen molar-refractivity contribution < 1.29 is 84.5 Å². The largest absolute Gasteiger partial charge is 1.00 e. The van der Waals surface area contributed by atoms with Gasteiger partial charge in [0.15, 0.2) is 0 Å². The topological polar surface area (TPSA) is 138 Å².